The first-order valence-electron chi connectivity index (χ1n) is 5.78. The van der Waals surface area contributed by atoms with E-state index < -0.39 is 53.8 Å². The first kappa shape index (κ1) is 22.4. The van der Waals surface area contributed by atoms with Gasteiger partial charge in [-0.05, 0) is 18.5 Å². The zero-order valence-corrected chi connectivity index (χ0v) is 12.3. The van der Waals surface area contributed by atoms with Gasteiger partial charge in [-0.1, -0.05) is 0 Å². The number of hydrogen-bond acceptors (Lipinski definition) is 6. The molecule has 24 heavy (non-hydrogen) atoms. The third kappa shape index (κ3) is 6.13. The van der Waals surface area contributed by atoms with Gasteiger partial charge in [-0.15, -0.1) is 0 Å². The van der Waals surface area contributed by atoms with Gasteiger partial charge in [0, 0.05) is 6.42 Å². The van der Waals surface area contributed by atoms with Crippen molar-refractivity contribution in [2.75, 3.05) is 0 Å². The van der Waals surface area contributed by atoms with Gasteiger partial charge in [0.15, 0.2) is 0 Å². The molecule has 0 aromatic heterocycles. The van der Waals surface area contributed by atoms with Crippen LogP contribution in [0.25, 0.3) is 0 Å². The van der Waals surface area contributed by atoms with Crippen molar-refractivity contribution >= 4 is 28.7 Å². The van der Waals surface area contributed by atoms with E-state index in [1.54, 1.807) is 0 Å². The number of esters is 1. The lowest BCUT2D eigenvalue weighted by atomic mass is 9.98. The third-order valence-corrected chi connectivity index (χ3v) is 2.67. The molecule has 0 aliphatic rings. The number of carbonyl (C=O) groups is 3. The van der Waals surface area contributed by atoms with Crippen molar-refractivity contribution in [3.63, 3.8) is 0 Å². The Morgan fingerprint density at radius 2 is 1.58 bits per heavy atom. The number of carbonyl (C=O) groups excluding carboxylic acids is 3. The normalized spacial score (nSPS) is 17.4. The van der Waals surface area contributed by atoms with Crippen LogP contribution < -0.4 is 5.32 Å². The lowest BCUT2D eigenvalue weighted by Gasteiger charge is -2.37. The molecule has 0 fully saturated rings. The second-order valence-corrected chi connectivity index (χ2v) is 4.82. The molecule has 0 bridgehead atoms. The molecule has 14 heteroatoms. The van der Waals surface area contributed by atoms with E-state index in [9.17, 15) is 50.9 Å². The third-order valence-electron chi connectivity index (χ3n) is 2.51. The number of ether oxygens (including phenoxy) is 1. The molecule has 3 N–H and O–H groups in total. The van der Waals surface area contributed by atoms with E-state index in [4.69, 9.17) is 11.6 Å². The molecule has 0 radical (unpaired) electrons. The molecule has 0 saturated heterocycles. The summed E-state index contributed by atoms with van der Waals surface area (Å²) in [5, 5.41) is 18.6. The van der Waals surface area contributed by atoms with E-state index in [1.165, 1.54) is 0 Å². The molecular formula is C10H10ClF6NO6. The van der Waals surface area contributed by atoms with Gasteiger partial charge in [0.1, 0.15) is 12.1 Å². The van der Waals surface area contributed by atoms with Crippen LogP contribution in [0.4, 0.5) is 26.3 Å². The van der Waals surface area contributed by atoms with Crippen LogP contribution in [0.15, 0.2) is 0 Å². The van der Waals surface area contributed by atoms with Crippen LogP contribution in [-0.2, 0) is 19.1 Å². The summed E-state index contributed by atoms with van der Waals surface area (Å²) in [6.07, 6.45) is -15.1. The number of nitrogens with one attached hydrogen (secondary N) is 1. The van der Waals surface area contributed by atoms with Gasteiger partial charge in [-0.3, -0.25) is 9.59 Å². The summed E-state index contributed by atoms with van der Waals surface area (Å²) in [6, 6.07) is -2.62. The number of amides is 1. The minimum atomic E-state index is -5.69. The number of hydrogen-bond donors (Lipinski definition) is 3. The quantitative estimate of drug-likeness (QED) is 0.262. The molecular weight excluding hydrogens is 380 g/mol. The maximum atomic E-state index is 12.2. The molecule has 1 amide bonds. The summed E-state index contributed by atoms with van der Waals surface area (Å²) in [5.41, 5.74) is 0. The second kappa shape index (κ2) is 7.53. The highest BCUT2D eigenvalue weighted by Gasteiger charge is 2.54. The van der Waals surface area contributed by atoms with Crippen LogP contribution in [0.3, 0.4) is 0 Å². The zero-order chi connectivity index (χ0) is 19.5. The Bertz CT molecular complexity index is 507. The van der Waals surface area contributed by atoms with Crippen molar-refractivity contribution in [3.8, 4) is 0 Å². The highest BCUT2D eigenvalue weighted by Crippen LogP contribution is 2.27. The number of aliphatic hydroxyl groups is 2. The Kier molecular flexibility index (Phi) is 7.02. The van der Waals surface area contributed by atoms with Crippen LogP contribution in [0.5, 0.6) is 0 Å². The van der Waals surface area contributed by atoms with Gasteiger partial charge in [0.05, 0.1) is 0 Å². The molecule has 3 atom stereocenters. The fourth-order valence-electron chi connectivity index (χ4n) is 1.36. The zero-order valence-electron chi connectivity index (χ0n) is 11.5. The lowest BCUT2D eigenvalue weighted by Crippen LogP contribution is -2.63. The van der Waals surface area contributed by atoms with Crippen LogP contribution in [-0.4, -0.2) is 57.6 Å². The molecule has 0 heterocycles. The van der Waals surface area contributed by atoms with Crippen molar-refractivity contribution < 1.29 is 55.7 Å². The summed E-state index contributed by atoms with van der Waals surface area (Å²) in [7, 11) is 0. The minimum Gasteiger partial charge on any atom is -0.421 e. The Hall–Kier alpha value is -1.60. The predicted octanol–water partition coefficient (Wildman–Crippen LogP) is 0.364. The second-order valence-electron chi connectivity index (χ2n) is 4.40. The summed E-state index contributed by atoms with van der Waals surface area (Å²) >= 11 is 4.88. The monoisotopic (exact) mass is 389 g/mol. The number of rotatable bonds is 6. The molecule has 0 saturated carbocycles. The summed E-state index contributed by atoms with van der Waals surface area (Å²) in [5.74, 6) is -9.59. The van der Waals surface area contributed by atoms with Gasteiger partial charge in [0.25, 0.3) is 5.79 Å². The van der Waals surface area contributed by atoms with Crippen molar-refractivity contribution in [1.82, 2.24) is 5.32 Å². The molecule has 0 spiro atoms. The molecule has 0 aromatic rings. The van der Waals surface area contributed by atoms with Gasteiger partial charge in [0.2, 0.25) is 5.24 Å². The maximum Gasteiger partial charge on any atom is 0.491 e. The Labute approximate surface area is 134 Å². The SMILES string of the molecule is CC(O)C(O)(OC(=O)C(F)(F)F)C(CC(=O)Cl)NC(=O)C(F)(F)F. The van der Waals surface area contributed by atoms with Gasteiger partial charge in [-0.25, -0.2) is 4.79 Å². The Morgan fingerprint density at radius 3 is 1.88 bits per heavy atom. The molecule has 0 aliphatic heterocycles. The Morgan fingerprint density at radius 1 is 1.12 bits per heavy atom. The van der Waals surface area contributed by atoms with E-state index in [-0.39, 0.29) is 0 Å². The van der Waals surface area contributed by atoms with Crippen LogP contribution in [0.2, 0.25) is 0 Å². The number of alkyl halides is 6. The number of aliphatic hydroxyl groups excluding tert-OH is 1. The van der Waals surface area contributed by atoms with Crippen molar-refractivity contribution in [2.24, 2.45) is 0 Å². The minimum absolute atomic E-state index is 0.537. The smallest absolute Gasteiger partial charge is 0.421 e. The van der Waals surface area contributed by atoms with Gasteiger partial charge in [-0.2, -0.15) is 26.3 Å². The fourth-order valence-corrected chi connectivity index (χ4v) is 1.51. The molecule has 0 aliphatic carbocycles. The molecule has 140 valence electrons. The summed E-state index contributed by atoms with van der Waals surface area (Å²) in [4.78, 5) is 32.5. The van der Waals surface area contributed by atoms with E-state index in [1.807, 2.05) is 0 Å². The fraction of sp³-hybridized carbons (Fsp3) is 0.700. The van der Waals surface area contributed by atoms with Crippen molar-refractivity contribution in [1.29, 1.82) is 0 Å². The van der Waals surface area contributed by atoms with E-state index in [0.29, 0.717) is 6.92 Å². The van der Waals surface area contributed by atoms with Gasteiger partial charge >= 0.3 is 24.2 Å². The Balaban J connectivity index is 5.73. The maximum absolute atomic E-state index is 12.2. The molecule has 0 aromatic carbocycles. The first-order valence-corrected chi connectivity index (χ1v) is 6.16. The van der Waals surface area contributed by atoms with Crippen LogP contribution in [0.1, 0.15) is 13.3 Å². The first-order chi connectivity index (χ1) is 10.5. The standard InChI is InChI=1S/C10H10ClF6NO6/c1-3(19)8(23,24-7(22)10(15,16)17)4(2-5(11)20)18-6(21)9(12,13)14/h3-4,19,23H,2H2,1H3,(H,18,21). The van der Waals surface area contributed by atoms with Crippen molar-refractivity contribution in [2.45, 2.75) is 43.6 Å². The van der Waals surface area contributed by atoms with E-state index in [0.717, 1.165) is 5.32 Å². The number of halogens is 7. The van der Waals surface area contributed by atoms with E-state index >= 15 is 0 Å². The lowest BCUT2D eigenvalue weighted by molar-refractivity contribution is -0.281. The van der Waals surface area contributed by atoms with Crippen molar-refractivity contribution in [3.05, 3.63) is 0 Å². The highest BCUT2D eigenvalue weighted by atomic mass is 35.5. The van der Waals surface area contributed by atoms with Crippen LogP contribution >= 0.6 is 11.6 Å². The van der Waals surface area contributed by atoms with E-state index in [2.05, 4.69) is 4.74 Å². The van der Waals surface area contributed by atoms with Gasteiger partial charge < -0.3 is 20.3 Å². The van der Waals surface area contributed by atoms with Crippen LogP contribution in [0, 0.1) is 0 Å². The average molecular weight is 390 g/mol. The molecule has 0 rings (SSSR count). The average Bonchev–Trinajstić information content (AvgIpc) is 2.34. The summed E-state index contributed by atoms with van der Waals surface area (Å²) in [6.45, 7) is 0.537. The highest BCUT2D eigenvalue weighted by molar-refractivity contribution is 6.63. The summed E-state index contributed by atoms with van der Waals surface area (Å²) < 4.78 is 76.8. The molecule has 3 unspecified atom stereocenters. The predicted molar refractivity (Wildman–Crippen MR) is 62.2 cm³/mol. The largest absolute Gasteiger partial charge is 0.491 e. The molecule has 7 nitrogen and oxygen atoms in total. The topological polar surface area (TPSA) is 113 Å².